The van der Waals surface area contributed by atoms with Crippen LogP contribution >= 0.6 is 11.8 Å². The second-order valence-electron chi connectivity index (χ2n) is 6.75. The van der Waals surface area contributed by atoms with Gasteiger partial charge in [-0.15, -0.1) is 10.2 Å². The van der Waals surface area contributed by atoms with E-state index in [2.05, 4.69) is 16.3 Å². The van der Waals surface area contributed by atoms with Gasteiger partial charge in [-0.25, -0.2) is 4.39 Å². The molecule has 1 heterocycles. The molecular formula is C21H22FN3OS. The number of hydrogen-bond acceptors (Lipinski definition) is 4. The minimum Gasteiger partial charge on any atom is -0.305 e. The summed E-state index contributed by atoms with van der Waals surface area (Å²) in [6.07, 6.45) is 0. The van der Waals surface area contributed by atoms with Crippen molar-refractivity contribution in [2.45, 2.75) is 38.1 Å². The molecule has 0 saturated heterocycles. The number of nitrogens with zero attached hydrogens (tertiary/aromatic N) is 3. The smallest absolute Gasteiger partial charge is 0.191 e. The fraction of sp³-hybridized carbons (Fsp3) is 0.286. The number of benzene rings is 2. The highest BCUT2D eigenvalue weighted by Crippen LogP contribution is 2.28. The number of carbonyl (C=O) groups is 1. The maximum atomic E-state index is 13.1. The van der Waals surface area contributed by atoms with Crippen LogP contribution in [0.1, 0.15) is 34.0 Å². The van der Waals surface area contributed by atoms with E-state index in [-0.39, 0.29) is 16.9 Å². The van der Waals surface area contributed by atoms with Gasteiger partial charge in [0.25, 0.3) is 0 Å². The Morgan fingerprint density at radius 1 is 1.04 bits per heavy atom. The summed E-state index contributed by atoms with van der Waals surface area (Å²) in [6.45, 7) is 7.91. The van der Waals surface area contributed by atoms with E-state index in [0.29, 0.717) is 11.0 Å². The van der Waals surface area contributed by atoms with E-state index in [0.717, 1.165) is 22.3 Å². The van der Waals surface area contributed by atoms with Crippen molar-refractivity contribution in [3.63, 3.8) is 0 Å². The van der Waals surface area contributed by atoms with Crippen molar-refractivity contribution in [2.75, 3.05) is 0 Å². The largest absolute Gasteiger partial charge is 0.305 e. The average molecular weight is 383 g/mol. The van der Waals surface area contributed by atoms with Gasteiger partial charge in [-0.1, -0.05) is 17.8 Å². The third kappa shape index (κ3) is 3.95. The first kappa shape index (κ1) is 19.3. The zero-order valence-corrected chi connectivity index (χ0v) is 16.9. The lowest BCUT2D eigenvalue weighted by molar-refractivity contribution is 0.0993. The van der Waals surface area contributed by atoms with Gasteiger partial charge in [0.1, 0.15) is 5.82 Å². The van der Waals surface area contributed by atoms with E-state index in [1.807, 2.05) is 45.4 Å². The highest BCUT2D eigenvalue weighted by molar-refractivity contribution is 8.00. The van der Waals surface area contributed by atoms with Crippen molar-refractivity contribution in [1.29, 1.82) is 0 Å². The molecule has 0 saturated carbocycles. The number of aromatic nitrogens is 3. The van der Waals surface area contributed by atoms with Crippen molar-refractivity contribution >= 4 is 17.5 Å². The summed E-state index contributed by atoms with van der Waals surface area (Å²) >= 11 is 1.38. The predicted octanol–water partition coefficient (Wildman–Crippen LogP) is 4.91. The van der Waals surface area contributed by atoms with Crippen LogP contribution in [-0.2, 0) is 7.05 Å². The molecule has 0 bridgehead atoms. The summed E-state index contributed by atoms with van der Waals surface area (Å²) in [7, 11) is 1.85. The van der Waals surface area contributed by atoms with E-state index in [1.54, 1.807) is 12.1 Å². The Balaban J connectivity index is 1.82. The number of hydrogen-bond donors (Lipinski definition) is 0. The standard InChI is InChI=1S/C21H22FN3OS/c1-12-10-14(3)18(11-13(12)2)19(26)15(4)27-21-24-23-20(25(21)5)16-6-8-17(22)9-7-16/h6-11,15H,1-5H3/t15-/m1/s1. The van der Waals surface area contributed by atoms with Crippen LogP contribution < -0.4 is 0 Å². The van der Waals surface area contributed by atoms with Crippen LogP contribution in [0.15, 0.2) is 41.6 Å². The Morgan fingerprint density at radius 2 is 1.67 bits per heavy atom. The van der Waals surface area contributed by atoms with Crippen LogP contribution in [0.3, 0.4) is 0 Å². The van der Waals surface area contributed by atoms with Crippen LogP contribution in [0, 0.1) is 26.6 Å². The maximum Gasteiger partial charge on any atom is 0.191 e. The molecule has 0 fully saturated rings. The third-order valence-electron chi connectivity index (χ3n) is 4.69. The first-order valence-corrected chi connectivity index (χ1v) is 9.60. The zero-order valence-electron chi connectivity index (χ0n) is 16.1. The van der Waals surface area contributed by atoms with Gasteiger partial charge in [-0.05, 0) is 74.7 Å². The average Bonchev–Trinajstić information content (AvgIpc) is 2.99. The zero-order chi connectivity index (χ0) is 19.7. The van der Waals surface area contributed by atoms with Crippen LogP contribution in [0.5, 0.6) is 0 Å². The fourth-order valence-corrected chi connectivity index (χ4v) is 3.81. The van der Waals surface area contributed by atoms with Gasteiger partial charge in [-0.2, -0.15) is 0 Å². The molecular weight excluding hydrogens is 361 g/mol. The first-order valence-electron chi connectivity index (χ1n) is 8.72. The van der Waals surface area contributed by atoms with Gasteiger partial charge in [-0.3, -0.25) is 4.79 Å². The molecule has 0 N–H and O–H groups in total. The highest BCUT2D eigenvalue weighted by atomic mass is 32.2. The third-order valence-corrected chi connectivity index (χ3v) is 5.83. The Bertz CT molecular complexity index is 995. The van der Waals surface area contributed by atoms with Crippen LogP contribution in [0.2, 0.25) is 0 Å². The topological polar surface area (TPSA) is 47.8 Å². The van der Waals surface area contributed by atoms with E-state index in [4.69, 9.17) is 0 Å². The van der Waals surface area contributed by atoms with E-state index >= 15 is 0 Å². The normalized spacial score (nSPS) is 12.2. The SMILES string of the molecule is Cc1cc(C)c(C(=O)[C@@H](C)Sc2nnc(-c3ccc(F)cc3)n2C)cc1C. The molecule has 0 unspecified atom stereocenters. The van der Waals surface area contributed by atoms with Crippen molar-refractivity contribution in [2.24, 2.45) is 7.05 Å². The molecule has 1 atom stereocenters. The summed E-state index contributed by atoms with van der Waals surface area (Å²) in [6, 6.07) is 10.1. The number of ketones is 1. The van der Waals surface area contributed by atoms with Gasteiger partial charge < -0.3 is 4.57 Å². The number of thioether (sulfide) groups is 1. The molecule has 1 aromatic heterocycles. The van der Waals surface area contributed by atoms with E-state index in [9.17, 15) is 9.18 Å². The molecule has 3 rings (SSSR count). The molecule has 0 aliphatic rings. The monoisotopic (exact) mass is 383 g/mol. The fourth-order valence-electron chi connectivity index (χ4n) is 2.92. The van der Waals surface area contributed by atoms with Crippen molar-refractivity contribution in [3.05, 3.63) is 64.5 Å². The van der Waals surface area contributed by atoms with Crippen LogP contribution in [-0.4, -0.2) is 25.8 Å². The number of halogens is 1. The Morgan fingerprint density at radius 3 is 2.33 bits per heavy atom. The van der Waals surface area contributed by atoms with Gasteiger partial charge >= 0.3 is 0 Å². The number of aryl methyl sites for hydroxylation is 3. The summed E-state index contributed by atoms with van der Waals surface area (Å²) < 4.78 is 15.0. The molecule has 6 heteroatoms. The lowest BCUT2D eigenvalue weighted by Crippen LogP contribution is -2.16. The van der Waals surface area contributed by atoms with Crippen molar-refractivity contribution in [3.8, 4) is 11.4 Å². The summed E-state index contributed by atoms with van der Waals surface area (Å²) in [4.78, 5) is 12.9. The molecule has 0 spiro atoms. The van der Waals surface area contributed by atoms with Gasteiger partial charge in [0.2, 0.25) is 0 Å². The molecule has 0 aliphatic carbocycles. The Kier molecular flexibility index (Phi) is 5.46. The molecule has 4 nitrogen and oxygen atoms in total. The summed E-state index contributed by atoms with van der Waals surface area (Å²) in [5, 5.41) is 8.77. The number of carbonyl (C=O) groups excluding carboxylic acids is 1. The quantitative estimate of drug-likeness (QED) is 0.464. The Labute approximate surface area is 162 Å². The minimum atomic E-state index is -0.297. The molecule has 0 radical (unpaired) electrons. The summed E-state index contributed by atoms with van der Waals surface area (Å²) in [5.41, 5.74) is 4.81. The van der Waals surface area contributed by atoms with Crippen LogP contribution in [0.25, 0.3) is 11.4 Å². The van der Waals surface area contributed by atoms with Gasteiger partial charge in [0, 0.05) is 18.2 Å². The van der Waals surface area contributed by atoms with Crippen LogP contribution in [0.4, 0.5) is 4.39 Å². The Hall–Kier alpha value is -2.47. The molecule has 0 amide bonds. The van der Waals surface area contributed by atoms with Gasteiger partial charge in [0.05, 0.1) is 5.25 Å². The highest BCUT2D eigenvalue weighted by Gasteiger charge is 2.22. The molecule has 27 heavy (non-hydrogen) atoms. The van der Waals surface area contributed by atoms with Crippen molar-refractivity contribution < 1.29 is 9.18 Å². The second kappa shape index (κ2) is 7.64. The maximum absolute atomic E-state index is 13.1. The van der Waals surface area contributed by atoms with E-state index in [1.165, 1.54) is 29.5 Å². The molecule has 3 aromatic rings. The molecule has 2 aromatic carbocycles. The number of Topliss-reactive ketones (excluding diaryl/α,β-unsaturated/α-hetero) is 1. The second-order valence-corrected chi connectivity index (χ2v) is 8.06. The number of rotatable bonds is 5. The van der Waals surface area contributed by atoms with Gasteiger partial charge in [0.15, 0.2) is 16.8 Å². The van der Waals surface area contributed by atoms with E-state index < -0.39 is 0 Å². The lowest BCUT2D eigenvalue weighted by Gasteiger charge is -2.13. The summed E-state index contributed by atoms with van der Waals surface area (Å²) in [5.74, 6) is 0.421. The predicted molar refractivity (Wildman–Crippen MR) is 107 cm³/mol. The lowest BCUT2D eigenvalue weighted by atomic mass is 9.97. The first-order chi connectivity index (χ1) is 12.8. The molecule has 0 aliphatic heterocycles. The molecule has 140 valence electrons. The van der Waals surface area contributed by atoms with Crippen molar-refractivity contribution in [1.82, 2.24) is 14.8 Å². The minimum absolute atomic E-state index is 0.0759.